The molecule has 0 aromatic rings. The van der Waals surface area contributed by atoms with E-state index in [1.54, 1.807) is 0 Å². The number of hydrogen-bond donors (Lipinski definition) is 1. The summed E-state index contributed by atoms with van der Waals surface area (Å²) in [5.74, 6) is 2.59. The van der Waals surface area contributed by atoms with E-state index < -0.39 is 0 Å². The average molecular weight is 281 g/mol. The molecule has 0 amide bonds. The fourth-order valence-corrected chi connectivity index (χ4v) is 4.23. The van der Waals surface area contributed by atoms with Gasteiger partial charge in [0, 0.05) is 6.54 Å². The first kappa shape index (κ1) is 16.3. The second-order valence-corrected chi connectivity index (χ2v) is 7.63. The molecule has 0 radical (unpaired) electrons. The van der Waals surface area contributed by atoms with E-state index in [0.29, 0.717) is 12.6 Å². The molecule has 0 bridgehead atoms. The third-order valence-electron chi connectivity index (χ3n) is 6.05. The van der Waals surface area contributed by atoms with Crippen molar-refractivity contribution in [2.45, 2.75) is 90.3 Å². The molecule has 2 aliphatic rings. The lowest BCUT2D eigenvalue weighted by molar-refractivity contribution is -0.132. The van der Waals surface area contributed by atoms with Gasteiger partial charge in [0.25, 0.3) is 0 Å². The Morgan fingerprint density at radius 3 is 2.30 bits per heavy atom. The first-order chi connectivity index (χ1) is 9.58. The lowest BCUT2D eigenvalue weighted by Crippen LogP contribution is -2.47. The van der Waals surface area contributed by atoms with Crippen molar-refractivity contribution >= 4 is 0 Å². The molecular formula is C18H35NO. The van der Waals surface area contributed by atoms with Crippen molar-refractivity contribution in [3.05, 3.63) is 0 Å². The molecule has 20 heavy (non-hydrogen) atoms. The zero-order valence-electron chi connectivity index (χ0n) is 13.9. The molecule has 2 N–H and O–H groups in total. The minimum absolute atomic E-state index is 0.00913. The van der Waals surface area contributed by atoms with Crippen LogP contribution in [0.2, 0.25) is 0 Å². The molecule has 0 aromatic carbocycles. The molecule has 0 heterocycles. The van der Waals surface area contributed by atoms with Gasteiger partial charge in [-0.2, -0.15) is 0 Å². The Morgan fingerprint density at radius 2 is 1.75 bits per heavy atom. The summed E-state index contributed by atoms with van der Waals surface area (Å²) in [4.78, 5) is 0. The van der Waals surface area contributed by atoms with Gasteiger partial charge < -0.3 is 10.5 Å². The van der Waals surface area contributed by atoms with E-state index in [0.717, 1.165) is 17.8 Å². The highest BCUT2D eigenvalue weighted by Gasteiger charge is 2.38. The highest BCUT2D eigenvalue weighted by Crippen LogP contribution is 2.40. The highest BCUT2D eigenvalue weighted by atomic mass is 16.5. The van der Waals surface area contributed by atoms with Crippen LogP contribution in [0.5, 0.6) is 0 Å². The fourth-order valence-electron chi connectivity index (χ4n) is 4.23. The second kappa shape index (κ2) is 7.26. The van der Waals surface area contributed by atoms with E-state index in [4.69, 9.17) is 10.5 Å². The van der Waals surface area contributed by atoms with Gasteiger partial charge in [0.1, 0.15) is 0 Å². The molecule has 3 atom stereocenters. The number of hydrogen-bond acceptors (Lipinski definition) is 2. The number of rotatable bonds is 5. The van der Waals surface area contributed by atoms with Crippen LogP contribution in [0.25, 0.3) is 0 Å². The van der Waals surface area contributed by atoms with Crippen molar-refractivity contribution in [2.75, 3.05) is 6.54 Å². The maximum absolute atomic E-state index is 6.59. The van der Waals surface area contributed by atoms with Gasteiger partial charge in [-0.25, -0.2) is 0 Å². The fraction of sp³-hybridized carbons (Fsp3) is 1.00. The van der Waals surface area contributed by atoms with Crippen molar-refractivity contribution in [2.24, 2.45) is 23.5 Å². The summed E-state index contributed by atoms with van der Waals surface area (Å²) in [6, 6.07) is 0. The summed E-state index contributed by atoms with van der Waals surface area (Å²) in [5.41, 5.74) is 6.12. The Balaban J connectivity index is 1.86. The quantitative estimate of drug-likeness (QED) is 0.804. The Hall–Kier alpha value is -0.0800. The Bertz CT molecular complexity index is 283. The standard InChI is InChI=1S/C18H35NO/c1-4-5-16-8-10-18(13-19,11-9-16)20-17-7-6-14(2)15(3)12-17/h14-17H,4-13,19H2,1-3H3. The van der Waals surface area contributed by atoms with Gasteiger partial charge in [-0.3, -0.25) is 0 Å². The minimum Gasteiger partial charge on any atom is -0.370 e. The van der Waals surface area contributed by atoms with Crippen LogP contribution in [0.15, 0.2) is 0 Å². The molecule has 2 heteroatoms. The zero-order valence-corrected chi connectivity index (χ0v) is 13.9. The second-order valence-electron chi connectivity index (χ2n) is 7.63. The molecule has 0 aromatic heterocycles. The van der Waals surface area contributed by atoms with Crippen LogP contribution in [0.4, 0.5) is 0 Å². The smallest absolute Gasteiger partial charge is 0.0808 e. The predicted molar refractivity (Wildman–Crippen MR) is 85.7 cm³/mol. The summed E-state index contributed by atoms with van der Waals surface area (Å²) in [5, 5.41) is 0. The van der Waals surface area contributed by atoms with Crippen LogP contribution in [-0.4, -0.2) is 18.2 Å². The van der Waals surface area contributed by atoms with E-state index in [1.165, 1.54) is 57.8 Å². The zero-order chi connectivity index (χ0) is 14.6. The summed E-state index contributed by atoms with van der Waals surface area (Å²) < 4.78 is 6.59. The van der Waals surface area contributed by atoms with Gasteiger partial charge >= 0.3 is 0 Å². The van der Waals surface area contributed by atoms with Crippen LogP contribution in [0.1, 0.15) is 78.6 Å². The normalized spacial score (nSPS) is 42.6. The van der Waals surface area contributed by atoms with Crippen molar-refractivity contribution in [1.82, 2.24) is 0 Å². The van der Waals surface area contributed by atoms with E-state index in [2.05, 4.69) is 20.8 Å². The molecule has 2 aliphatic carbocycles. The predicted octanol–water partition coefficient (Wildman–Crippen LogP) is 4.52. The van der Waals surface area contributed by atoms with Crippen molar-refractivity contribution < 1.29 is 4.74 Å². The van der Waals surface area contributed by atoms with Crippen molar-refractivity contribution in [3.63, 3.8) is 0 Å². The topological polar surface area (TPSA) is 35.2 Å². The molecule has 0 saturated heterocycles. The van der Waals surface area contributed by atoms with Crippen LogP contribution in [0, 0.1) is 17.8 Å². The largest absolute Gasteiger partial charge is 0.370 e. The molecular weight excluding hydrogens is 246 g/mol. The number of nitrogens with two attached hydrogens (primary N) is 1. The van der Waals surface area contributed by atoms with Gasteiger partial charge in [0.05, 0.1) is 11.7 Å². The van der Waals surface area contributed by atoms with E-state index in [-0.39, 0.29) is 5.60 Å². The summed E-state index contributed by atoms with van der Waals surface area (Å²) in [6.07, 6.45) is 12.0. The first-order valence-corrected chi connectivity index (χ1v) is 8.96. The third-order valence-corrected chi connectivity index (χ3v) is 6.05. The lowest BCUT2D eigenvalue weighted by Gasteiger charge is -2.44. The molecule has 2 rings (SSSR count). The maximum atomic E-state index is 6.59. The highest BCUT2D eigenvalue weighted by molar-refractivity contribution is 4.90. The third kappa shape index (κ3) is 3.98. The summed E-state index contributed by atoms with van der Waals surface area (Å²) >= 11 is 0. The van der Waals surface area contributed by atoms with Gasteiger partial charge in [0.15, 0.2) is 0 Å². The number of ether oxygens (including phenoxy) is 1. The van der Waals surface area contributed by atoms with Gasteiger partial charge in [-0.1, -0.05) is 33.6 Å². The summed E-state index contributed by atoms with van der Waals surface area (Å²) in [7, 11) is 0. The molecule has 3 unspecified atom stereocenters. The van der Waals surface area contributed by atoms with Crippen LogP contribution >= 0.6 is 0 Å². The SMILES string of the molecule is CCCC1CCC(CN)(OC2CCC(C)C(C)C2)CC1. The Kier molecular flexibility index (Phi) is 5.92. The van der Waals surface area contributed by atoms with E-state index in [9.17, 15) is 0 Å². The first-order valence-electron chi connectivity index (χ1n) is 8.96. The minimum atomic E-state index is 0.00913. The average Bonchev–Trinajstić information content (AvgIpc) is 2.46. The van der Waals surface area contributed by atoms with Gasteiger partial charge in [-0.05, 0) is 62.7 Å². The molecule has 118 valence electrons. The molecule has 2 fully saturated rings. The maximum Gasteiger partial charge on any atom is 0.0808 e. The van der Waals surface area contributed by atoms with Gasteiger partial charge in [-0.15, -0.1) is 0 Å². The molecule has 2 saturated carbocycles. The Morgan fingerprint density at radius 1 is 1.05 bits per heavy atom. The van der Waals surface area contributed by atoms with E-state index >= 15 is 0 Å². The Labute approximate surface area is 125 Å². The van der Waals surface area contributed by atoms with Crippen molar-refractivity contribution in [3.8, 4) is 0 Å². The van der Waals surface area contributed by atoms with Crippen LogP contribution in [-0.2, 0) is 4.74 Å². The summed E-state index contributed by atoms with van der Waals surface area (Å²) in [6.45, 7) is 7.78. The van der Waals surface area contributed by atoms with Gasteiger partial charge in [0.2, 0.25) is 0 Å². The molecule has 0 aliphatic heterocycles. The van der Waals surface area contributed by atoms with Crippen LogP contribution in [0.3, 0.4) is 0 Å². The molecule has 0 spiro atoms. The monoisotopic (exact) mass is 281 g/mol. The van der Waals surface area contributed by atoms with Crippen molar-refractivity contribution in [1.29, 1.82) is 0 Å². The van der Waals surface area contributed by atoms with Crippen LogP contribution < -0.4 is 5.73 Å². The lowest BCUT2D eigenvalue weighted by atomic mass is 9.76. The molecule has 2 nitrogen and oxygen atoms in total. The van der Waals surface area contributed by atoms with E-state index in [1.807, 2.05) is 0 Å².